The molecular formula is C17H14FNO2. The molecule has 3 aromatic rings. The Bertz CT molecular complexity index is 727. The molecule has 0 N–H and O–H groups in total. The molecule has 2 heterocycles. The van der Waals surface area contributed by atoms with E-state index in [2.05, 4.69) is 0 Å². The first kappa shape index (κ1) is 13.4. The average molecular weight is 283 g/mol. The predicted octanol–water partition coefficient (Wildman–Crippen LogP) is 3.67. The highest BCUT2D eigenvalue weighted by Gasteiger charge is 2.10. The Kier molecular flexibility index (Phi) is 3.69. The fourth-order valence-corrected chi connectivity index (χ4v) is 2.34. The molecule has 0 saturated carbocycles. The van der Waals surface area contributed by atoms with Crippen molar-refractivity contribution < 1.29 is 13.6 Å². The lowest BCUT2D eigenvalue weighted by Crippen LogP contribution is -2.08. The van der Waals surface area contributed by atoms with Gasteiger partial charge in [-0.3, -0.25) is 4.79 Å². The van der Waals surface area contributed by atoms with Gasteiger partial charge in [0, 0.05) is 18.7 Å². The van der Waals surface area contributed by atoms with Crippen LogP contribution in [0.2, 0.25) is 0 Å². The number of rotatable bonds is 5. The summed E-state index contributed by atoms with van der Waals surface area (Å²) in [5.41, 5.74) is 2.52. The van der Waals surface area contributed by atoms with Gasteiger partial charge in [-0.25, -0.2) is 4.39 Å². The Balaban J connectivity index is 1.90. The van der Waals surface area contributed by atoms with Crippen LogP contribution in [0.5, 0.6) is 0 Å². The van der Waals surface area contributed by atoms with Crippen molar-refractivity contribution in [3.8, 4) is 0 Å². The number of benzene rings is 1. The second kappa shape index (κ2) is 5.79. The van der Waals surface area contributed by atoms with Crippen LogP contribution in [0, 0.1) is 5.82 Å². The van der Waals surface area contributed by atoms with E-state index in [9.17, 15) is 9.18 Å². The number of aldehydes is 1. The van der Waals surface area contributed by atoms with Crippen LogP contribution in [-0.4, -0.2) is 10.9 Å². The van der Waals surface area contributed by atoms with Gasteiger partial charge in [0.15, 0.2) is 6.29 Å². The molecule has 0 spiro atoms. The maximum absolute atomic E-state index is 13.0. The molecule has 0 aliphatic heterocycles. The molecule has 21 heavy (non-hydrogen) atoms. The molecule has 0 atom stereocenters. The Morgan fingerprint density at radius 1 is 1.10 bits per heavy atom. The minimum atomic E-state index is -0.266. The highest BCUT2D eigenvalue weighted by atomic mass is 19.1. The Hall–Kier alpha value is -2.62. The molecule has 2 aromatic heterocycles. The van der Waals surface area contributed by atoms with E-state index in [1.807, 2.05) is 22.8 Å². The van der Waals surface area contributed by atoms with E-state index in [4.69, 9.17) is 4.42 Å². The lowest BCUT2D eigenvalue weighted by molar-refractivity contribution is 0.111. The number of carbonyl (C=O) groups excluding carboxylic acids is 1. The number of nitrogens with zero attached hydrogens (tertiary/aromatic N) is 1. The molecule has 0 saturated heterocycles. The van der Waals surface area contributed by atoms with E-state index in [0.717, 1.165) is 23.3 Å². The highest BCUT2D eigenvalue weighted by molar-refractivity contribution is 5.72. The van der Waals surface area contributed by atoms with Crippen molar-refractivity contribution in [2.24, 2.45) is 0 Å². The molecule has 4 heteroatoms. The van der Waals surface area contributed by atoms with Crippen molar-refractivity contribution in [1.82, 2.24) is 4.57 Å². The third kappa shape index (κ3) is 2.94. The van der Waals surface area contributed by atoms with E-state index >= 15 is 0 Å². The number of aromatic nitrogens is 1. The fraction of sp³-hybridized carbons (Fsp3) is 0.118. The van der Waals surface area contributed by atoms with Gasteiger partial charge >= 0.3 is 0 Å². The second-order valence-electron chi connectivity index (χ2n) is 4.84. The Morgan fingerprint density at radius 3 is 2.57 bits per heavy atom. The van der Waals surface area contributed by atoms with Crippen LogP contribution in [0.3, 0.4) is 0 Å². The number of hydrogen-bond acceptors (Lipinski definition) is 2. The van der Waals surface area contributed by atoms with Gasteiger partial charge in [-0.2, -0.15) is 0 Å². The summed E-state index contributed by atoms with van der Waals surface area (Å²) in [6.45, 7) is 0.525. The monoisotopic (exact) mass is 283 g/mol. The smallest absolute Gasteiger partial charge is 0.166 e. The SMILES string of the molecule is O=Cc1ccc(Cc2ccco2)n1Cc1ccc(F)cc1. The summed E-state index contributed by atoms with van der Waals surface area (Å²) < 4.78 is 20.2. The maximum atomic E-state index is 13.0. The maximum Gasteiger partial charge on any atom is 0.166 e. The van der Waals surface area contributed by atoms with Gasteiger partial charge in [0.1, 0.15) is 11.6 Å². The van der Waals surface area contributed by atoms with E-state index in [0.29, 0.717) is 18.7 Å². The molecule has 0 bridgehead atoms. The summed E-state index contributed by atoms with van der Waals surface area (Å²) in [7, 11) is 0. The minimum Gasteiger partial charge on any atom is -0.469 e. The quantitative estimate of drug-likeness (QED) is 0.670. The van der Waals surface area contributed by atoms with E-state index < -0.39 is 0 Å². The van der Waals surface area contributed by atoms with Crippen LogP contribution in [0.1, 0.15) is 27.5 Å². The van der Waals surface area contributed by atoms with Gasteiger partial charge in [0.25, 0.3) is 0 Å². The van der Waals surface area contributed by atoms with Crippen molar-refractivity contribution in [1.29, 1.82) is 0 Å². The first-order valence-electron chi connectivity index (χ1n) is 6.66. The molecule has 106 valence electrons. The third-order valence-corrected chi connectivity index (χ3v) is 3.41. The zero-order valence-electron chi connectivity index (χ0n) is 11.3. The van der Waals surface area contributed by atoms with Crippen LogP contribution < -0.4 is 0 Å². The molecule has 0 radical (unpaired) electrons. The molecule has 0 aliphatic rings. The van der Waals surface area contributed by atoms with Crippen molar-refractivity contribution in [2.45, 2.75) is 13.0 Å². The highest BCUT2D eigenvalue weighted by Crippen LogP contribution is 2.16. The molecule has 3 rings (SSSR count). The van der Waals surface area contributed by atoms with Crippen molar-refractivity contribution in [3.63, 3.8) is 0 Å². The molecule has 0 unspecified atom stereocenters. The van der Waals surface area contributed by atoms with Crippen molar-refractivity contribution >= 4 is 6.29 Å². The molecule has 0 aliphatic carbocycles. The lowest BCUT2D eigenvalue weighted by Gasteiger charge is -2.10. The second-order valence-corrected chi connectivity index (χ2v) is 4.84. The Labute approximate surface area is 121 Å². The van der Waals surface area contributed by atoms with E-state index in [-0.39, 0.29) is 5.82 Å². The van der Waals surface area contributed by atoms with Crippen LogP contribution in [0.25, 0.3) is 0 Å². The molecule has 3 nitrogen and oxygen atoms in total. The lowest BCUT2D eigenvalue weighted by atomic mass is 10.2. The first-order valence-corrected chi connectivity index (χ1v) is 6.66. The zero-order valence-corrected chi connectivity index (χ0v) is 11.3. The standard InChI is InChI=1S/C17H14FNO2/c18-14-5-3-13(4-6-14)11-19-15(7-8-16(19)12-20)10-17-2-1-9-21-17/h1-9,12H,10-11H2. The van der Waals surface area contributed by atoms with Crippen molar-refractivity contribution in [2.75, 3.05) is 0 Å². The van der Waals surface area contributed by atoms with Gasteiger partial charge in [-0.1, -0.05) is 12.1 Å². The van der Waals surface area contributed by atoms with Crippen LogP contribution in [0.15, 0.2) is 59.2 Å². The van der Waals surface area contributed by atoms with Gasteiger partial charge in [0.2, 0.25) is 0 Å². The fourth-order valence-electron chi connectivity index (χ4n) is 2.34. The summed E-state index contributed by atoms with van der Waals surface area (Å²) in [5, 5.41) is 0. The van der Waals surface area contributed by atoms with Gasteiger partial charge in [-0.05, 0) is 42.0 Å². The molecule has 0 fully saturated rings. The van der Waals surface area contributed by atoms with E-state index in [1.54, 1.807) is 24.5 Å². The van der Waals surface area contributed by atoms with Gasteiger partial charge in [-0.15, -0.1) is 0 Å². The average Bonchev–Trinajstić information content (AvgIpc) is 3.13. The number of furan rings is 1. The Morgan fingerprint density at radius 2 is 1.90 bits per heavy atom. The molecule has 1 aromatic carbocycles. The summed E-state index contributed by atoms with van der Waals surface area (Å²) in [5.74, 6) is 0.573. The summed E-state index contributed by atoms with van der Waals surface area (Å²) in [4.78, 5) is 11.2. The van der Waals surface area contributed by atoms with Gasteiger partial charge in [0.05, 0.1) is 12.0 Å². The topological polar surface area (TPSA) is 35.1 Å². The predicted molar refractivity (Wildman–Crippen MR) is 76.8 cm³/mol. The minimum absolute atomic E-state index is 0.266. The molecular weight excluding hydrogens is 269 g/mol. The summed E-state index contributed by atoms with van der Waals surface area (Å²) >= 11 is 0. The van der Waals surface area contributed by atoms with Gasteiger partial charge < -0.3 is 8.98 Å². The first-order chi connectivity index (χ1) is 10.3. The van der Waals surface area contributed by atoms with E-state index in [1.165, 1.54) is 12.1 Å². The normalized spacial score (nSPS) is 10.7. The van der Waals surface area contributed by atoms with Crippen LogP contribution in [0.4, 0.5) is 4.39 Å². The van der Waals surface area contributed by atoms with Crippen LogP contribution in [-0.2, 0) is 13.0 Å². The number of halogens is 1. The summed E-state index contributed by atoms with van der Waals surface area (Å²) in [6, 6.07) is 13.7. The third-order valence-electron chi connectivity index (χ3n) is 3.41. The summed E-state index contributed by atoms with van der Waals surface area (Å²) in [6.07, 6.45) is 3.07. The number of hydrogen-bond donors (Lipinski definition) is 0. The largest absolute Gasteiger partial charge is 0.469 e. The molecule has 0 amide bonds. The van der Waals surface area contributed by atoms with Crippen molar-refractivity contribution in [3.05, 3.63) is 83.3 Å². The van der Waals surface area contributed by atoms with Crippen LogP contribution >= 0.6 is 0 Å². The zero-order chi connectivity index (χ0) is 14.7. The number of carbonyl (C=O) groups is 1.